The molecule has 0 aromatic rings. The quantitative estimate of drug-likeness (QED) is 0.647. The van der Waals surface area contributed by atoms with E-state index in [1.807, 2.05) is 13.8 Å². The fraction of sp³-hybridized carbons (Fsp3) is 0.556. The third-order valence-electron chi connectivity index (χ3n) is 0.921. The fourth-order valence-corrected chi connectivity index (χ4v) is 0.571. The molecular formula is C9H16O4. The summed E-state index contributed by atoms with van der Waals surface area (Å²) >= 11 is 0. The van der Waals surface area contributed by atoms with Gasteiger partial charge in [-0.1, -0.05) is 19.9 Å². The number of carbonyl (C=O) groups is 2. The zero-order valence-electron chi connectivity index (χ0n) is 8.37. The first kappa shape index (κ1) is 14.2. The van der Waals surface area contributed by atoms with Crippen molar-refractivity contribution in [3.8, 4) is 0 Å². The van der Waals surface area contributed by atoms with Gasteiger partial charge in [0.15, 0.2) is 0 Å². The molecule has 0 saturated heterocycles. The molecule has 0 heterocycles. The highest BCUT2D eigenvalue weighted by atomic mass is 16.4. The molecule has 76 valence electrons. The van der Waals surface area contributed by atoms with Gasteiger partial charge in [-0.3, -0.25) is 4.79 Å². The molecule has 0 spiro atoms. The summed E-state index contributed by atoms with van der Waals surface area (Å²) in [5, 5.41) is 15.8. The number of hydrogen-bond donors (Lipinski definition) is 2. The van der Waals surface area contributed by atoms with Crippen LogP contribution in [0.3, 0.4) is 0 Å². The van der Waals surface area contributed by atoms with Gasteiger partial charge in [-0.05, 0) is 12.8 Å². The van der Waals surface area contributed by atoms with Gasteiger partial charge < -0.3 is 10.2 Å². The van der Waals surface area contributed by atoms with Crippen LogP contribution in [0.2, 0.25) is 0 Å². The second-order valence-corrected chi connectivity index (χ2v) is 2.92. The standard InChI is InChI=1S/C7H12O2.C2H4O2/c1-5(2)4-6(3)7(8)9;1-2(3)4/h4-5H,1-3H3,(H,8,9);1H3,(H,3,4). The lowest BCUT2D eigenvalue weighted by Gasteiger charge is -1.95. The molecule has 0 saturated carbocycles. The smallest absolute Gasteiger partial charge is 0.330 e. The lowest BCUT2D eigenvalue weighted by molar-refractivity contribution is -0.134. The predicted molar refractivity (Wildman–Crippen MR) is 49.5 cm³/mol. The molecule has 0 radical (unpaired) electrons. The van der Waals surface area contributed by atoms with E-state index in [1.54, 1.807) is 13.0 Å². The summed E-state index contributed by atoms with van der Waals surface area (Å²) < 4.78 is 0. The van der Waals surface area contributed by atoms with Crippen LogP contribution in [0, 0.1) is 5.92 Å². The summed E-state index contributed by atoms with van der Waals surface area (Å²) in [4.78, 5) is 19.2. The van der Waals surface area contributed by atoms with E-state index in [-0.39, 0.29) is 0 Å². The average Bonchev–Trinajstić information content (AvgIpc) is 1.83. The summed E-state index contributed by atoms with van der Waals surface area (Å²) in [7, 11) is 0. The number of allylic oxidation sites excluding steroid dienone is 1. The minimum absolute atomic E-state index is 0.320. The van der Waals surface area contributed by atoms with Crippen LogP contribution in [-0.2, 0) is 9.59 Å². The van der Waals surface area contributed by atoms with Crippen LogP contribution in [0.5, 0.6) is 0 Å². The Morgan fingerprint density at radius 3 is 1.54 bits per heavy atom. The lowest BCUT2D eigenvalue weighted by Crippen LogP contribution is -1.97. The Hall–Kier alpha value is -1.32. The van der Waals surface area contributed by atoms with Crippen molar-refractivity contribution in [3.63, 3.8) is 0 Å². The van der Waals surface area contributed by atoms with E-state index < -0.39 is 11.9 Å². The van der Waals surface area contributed by atoms with E-state index >= 15 is 0 Å². The van der Waals surface area contributed by atoms with Gasteiger partial charge in [-0.15, -0.1) is 0 Å². The number of aliphatic carboxylic acids is 2. The van der Waals surface area contributed by atoms with Crippen LogP contribution >= 0.6 is 0 Å². The molecule has 0 atom stereocenters. The molecule has 13 heavy (non-hydrogen) atoms. The van der Waals surface area contributed by atoms with Crippen LogP contribution in [0.4, 0.5) is 0 Å². The second-order valence-electron chi connectivity index (χ2n) is 2.92. The zero-order valence-corrected chi connectivity index (χ0v) is 8.37. The first-order chi connectivity index (χ1) is 5.77. The fourth-order valence-electron chi connectivity index (χ4n) is 0.571. The monoisotopic (exact) mass is 188 g/mol. The molecule has 4 heteroatoms. The van der Waals surface area contributed by atoms with Crippen molar-refractivity contribution in [2.75, 3.05) is 0 Å². The van der Waals surface area contributed by atoms with E-state index in [1.165, 1.54) is 0 Å². The SMILES string of the molecule is CC(=CC(C)C)C(=O)O.CC(=O)O. The van der Waals surface area contributed by atoms with Gasteiger partial charge in [0.25, 0.3) is 5.97 Å². The van der Waals surface area contributed by atoms with Gasteiger partial charge in [0.05, 0.1) is 0 Å². The van der Waals surface area contributed by atoms with Crippen LogP contribution in [0.25, 0.3) is 0 Å². The minimum Gasteiger partial charge on any atom is -0.481 e. The molecule has 4 nitrogen and oxygen atoms in total. The molecular weight excluding hydrogens is 172 g/mol. The predicted octanol–water partition coefficient (Wildman–Crippen LogP) is 1.76. The van der Waals surface area contributed by atoms with Gasteiger partial charge in [0.1, 0.15) is 0 Å². The summed E-state index contributed by atoms with van der Waals surface area (Å²) in [6.07, 6.45) is 1.72. The first-order valence-electron chi connectivity index (χ1n) is 3.88. The van der Waals surface area contributed by atoms with Crippen molar-refractivity contribution < 1.29 is 19.8 Å². The van der Waals surface area contributed by atoms with Crippen molar-refractivity contribution in [1.82, 2.24) is 0 Å². The molecule has 0 rings (SSSR count). The largest absolute Gasteiger partial charge is 0.481 e. The normalized spacial score (nSPS) is 10.4. The van der Waals surface area contributed by atoms with E-state index in [2.05, 4.69) is 0 Å². The number of rotatable bonds is 2. The third kappa shape index (κ3) is 18.0. The number of carboxylic acid groups (broad SMARTS) is 2. The maximum Gasteiger partial charge on any atom is 0.330 e. The molecule has 0 aliphatic rings. The van der Waals surface area contributed by atoms with Gasteiger partial charge >= 0.3 is 5.97 Å². The van der Waals surface area contributed by atoms with Crippen molar-refractivity contribution in [2.45, 2.75) is 27.7 Å². The Balaban J connectivity index is 0. The summed E-state index contributed by atoms with van der Waals surface area (Å²) in [6, 6.07) is 0. The minimum atomic E-state index is -0.833. The zero-order chi connectivity index (χ0) is 11.0. The molecule has 0 fully saturated rings. The van der Waals surface area contributed by atoms with Gasteiger partial charge in [0, 0.05) is 12.5 Å². The van der Waals surface area contributed by atoms with E-state index in [0.717, 1.165) is 6.92 Å². The molecule has 0 aliphatic heterocycles. The van der Waals surface area contributed by atoms with Gasteiger partial charge in [-0.25, -0.2) is 4.79 Å². The highest BCUT2D eigenvalue weighted by Crippen LogP contribution is 2.00. The van der Waals surface area contributed by atoms with Crippen molar-refractivity contribution >= 4 is 11.9 Å². The Morgan fingerprint density at radius 1 is 1.15 bits per heavy atom. The third-order valence-corrected chi connectivity index (χ3v) is 0.921. The average molecular weight is 188 g/mol. The van der Waals surface area contributed by atoms with Crippen LogP contribution in [0.1, 0.15) is 27.7 Å². The summed E-state index contributed by atoms with van der Waals surface area (Å²) in [5.74, 6) is -1.34. The lowest BCUT2D eigenvalue weighted by atomic mass is 10.1. The molecule has 0 unspecified atom stereocenters. The Labute approximate surface area is 77.9 Å². The molecule has 0 bridgehead atoms. The molecule has 0 aliphatic carbocycles. The maximum absolute atomic E-state index is 10.2. The Kier molecular flexibility index (Phi) is 8.02. The molecule has 0 amide bonds. The van der Waals surface area contributed by atoms with Gasteiger partial charge in [-0.2, -0.15) is 0 Å². The molecule has 2 N–H and O–H groups in total. The van der Waals surface area contributed by atoms with E-state index in [4.69, 9.17) is 15.0 Å². The van der Waals surface area contributed by atoms with Crippen LogP contribution in [-0.4, -0.2) is 22.2 Å². The van der Waals surface area contributed by atoms with Crippen molar-refractivity contribution in [1.29, 1.82) is 0 Å². The van der Waals surface area contributed by atoms with Crippen LogP contribution in [0.15, 0.2) is 11.6 Å². The molecule has 0 aromatic carbocycles. The number of carboxylic acids is 2. The van der Waals surface area contributed by atoms with Gasteiger partial charge in [0.2, 0.25) is 0 Å². The second kappa shape index (κ2) is 7.34. The highest BCUT2D eigenvalue weighted by Gasteiger charge is 1.98. The van der Waals surface area contributed by atoms with Crippen molar-refractivity contribution in [2.24, 2.45) is 5.92 Å². The first-order valence-corrected chi connectivity index (χ1v) is 3.88. The van der Waals surface area contributed by atoms with E-state index in [0.29, 0.717) is 11.5 Å². The highest BCUT2D eigenvalue weighted by molar-refractivity contribution is 5.85. The number of hydrogen-bond acceptors (Lipinski definition) is 2. The topological polar surface area (TPSA) is 74.6 Å². The van der Waals surface area contributed by atoms with E-state index in [9.17, 15) is 4.79 Å². The van der Waals surface area contributed by atoms with Crippen LogP contribution < -0.4 is 0 Å². The molecule has 0 aromatic heterocycles. The Morgan fingerprint density at radius 2 is 1.46 bits per heavy atom. The summed E-state index contributed by atoms with van der Waals surface area (Å²) in [5.41, 5.74) is 0.421. The Bertz CT molecular complexity index is 200. The van der Waals surface area contributed by atoms with Crippen molar-refractivity contribution in [3.05, 3.63) is 11.6 Å². The maximum atomic E-state index is 10.2. The summed E-state index contributed by atoms with van der Waals surface area (Å²) in [6.45, 7) is 6.58.